The van der Waals surface area contributed by atoms with Gasteiger partial charge in [0.05, 0.1) is 6.21 Å². The lowest BCUT2D eigenvalue weighted by Gasteiger charge is -2.21. The fourth-order valence-electron chi connectivity index (χ4n) is 2.25. The monoisotopic (exact) mass is 345 g/mol. The van der Waals surface area contributed by atoms with Crippen molar-refractivity contribution < 1.29 is 9.90 Å². The predicted octanol–water partition coefficient (Wildman–Crippen LogP) is 3.66. The van der Waals surface area contributed by atoms with Gasteiger partial charge in [-0.1, -0.05) is 11.6 Å². The summed E-state index contributed by atoms with van der Waals surface area (Å²) in [7, 11) is 0. The molecule has 2 N–H and O–H groups in total. The van der Waals surface area contributed by atoms with Gasteiger partial charge in [0, 0.05) is 41.0 Å². The Morgan fingerprint density at radius 2 is 1.88 bits per heavy atom. The molecule has 6 heteroatoms. The van der Waals surface area contributed by atoms with E-state index >= 15 is 0 Å². The van der Waals surface area contributed by atoms with Crippen LogP contribution in [0.15, 0.2) is 47.6 Å². The average molecular weight is 346 g/mol. The number of rotatable bonds is 6. The van der Waals surface area contributed by atoms with Gasteiger partial charge < -0.3 is 10.0 Å². The molecule has 2 aromatic carbocycles. The van der Waals surface area contributed by atoms with Crippen LogP contribution >= 0.6 is 11.6 Å². The van der Waals surface area contributed by atoms with Crippen LogP contribution < -0.4 is 10.3 Å². The number of hydrogen-bond donors (Lipinski definition) is 2. The molecule has 126 valence electrons. The molecule has 5 nitrogen and oxygen atoms in total. The largest absolute Gasteiger partial charge is 0.507 e. The normalized spacial score (nSPS) is 10.8. The number of hydrazone groups is 1. The van der Waals surface area contributed by atoms with Gasteiger partial charge in [-0.05, 0) is 50.2 Å². The van der Waals surface area contributed by atoms with Crippen molar-refractivity contribution in [2.24, 2.45) is 5.10 Å². The topological polar surface area (TPSA) is 64.9 Å². The lowest BCUT2D eigenvalue weighted by Crippen LogP contribution is -2.21. The lowest BCUT2D eigenvalue weighted by molar-refractivity contribution is 0.0955. The van der Waals surface area contributed by atoms with Crippen molar-refractivity contribution in [1.29, 1.82) is 0 Å². The van der Waals surface area contributed by atoms with Crippen LogP contribution in [0.1, 0.15) is 29.8 Å². The Bertz CT molecular complexity index is 726. The molecule has 0 aliphatic heterocycles. The maximum Gasteiger partial charge on any atom is 0.271 e. The van der Waals surface area contributed by atoms with Crippen molar-refractivity contribution in [1.82, 2.24) is 5.43 Å². The van der Waals surface area contributed by atoms with Gasteiger partial charge in [0.2, 0.25) is 0 Å². The van der Waals surface area contributed by atoms with Gasteiger partial charge in [-0.2, -0.15) is 5.10 Å². The number of amides is 1. The molecular weight excluding hydrogens is 326 g/mol. The summed E-state index contributed by atoms with van der Waals surface area (Å²) in [5.74, 6) is -0.231. The van der Waals surface area contributed by atoms with E-state index in [0.29, 0.717) is 16.1 Å². The van der Waals surface area contributed by atoms with Crippen molar-refractivity contribution in [3.05, 3.63) is 58.6 Å². The van der Waals surface area contributed by atoms with Crippen LogP contribution in [0.25, 0.3) is 0 Å². The molecule has 0 saturated carbocycles. The molecule has 0 heterocycles. The fourth-order valence-corrected chi connectivity index (χ4v) is 2.38. The zero-order valence-corrected chi connectivity index (χ0v) is 14.4. The molecule has 0 aliphatic carbocycles. The molecule has 0 bridgehead atoms. The summed E-state index contributed by atoms with van der Waals surface area (Å²) in [5, 5.41) is 14.5. The number of aromatic hydroxyl groups is 1. The third kappa shape index (κ3) is 4.49. The van der Waals surface area contributed by atoms with E-state index in [1.54, 1.807) is 36.4 Å². The van der Waals surface area contributed by atoms with Gasteiger partial charge >= 0.3 is 0 Å². The van der Waals surface area contributed by atoms with Crippen molar-refractivity contribution in [2.45, 2.75) is 13.8 Å². The van der Waals surface area contributed by atoms with Gasteiger partial charge in [-0.25, -0.2) is 5.43 Å². The molecule has 0 atom stereocenters. The number of phenols is 1. The minimum atomic E-state index is -0.345. The lowest BCUT2D eigenvalue weighted by atomic mass is 10.2. The summed E-state index contributed by atoms with van der Waals surface area (Å²) in [4.78, 5) is 14.0. The van der Waals surface area contributed by atoms with E-state index in [2.05, 4.69) is 29.3 Å². The SMILES string of the molecule is CCN(CC)c1ccc(/C=N\NC(=O)c2ccc(Cl)cc2)c(O)c1. The third-order valence-corrected chi connectivity index (χ3v) is 3.87. The van der Waals surface area contributed by atoms with Gasteiger partial charge in [0.25, 0.3) is 5.91 Å². The number of nitrogens with one attached hydrogen (secondary N) is 1. The number of phenolic OH excluding ortho intramolecular Hbond substituents is 1. The molecular formula is C18H20ClN3O2. The molecule has 24 heavy (non-hydrogen) atoms. The number of halogens is 1. The highest BCUT2D eigenvalue weighted by atomic mass is 35.5. The quantitative estimate of drug-likeness (QED) is 0.620. The summed E-state index contributed by atoms with van der Waals surface area (Å²) >= 11 is 5.78. The van der Waals surface area contributed by atoms with Gasteiger partial charge in [-0.3, -0.25) is 4.79 Å². The van der Waals surface area contributed by atoms with E-state index < -0.39 is 0 Å². The maximum atomic E-state index is 11.9. The summed E-state index contributed by atoms with van der Waals surface area (Å²) in [6, 6.07) is 11.9. The third-order valence-electron chi connectivity index (χ3n) is 3.62. The van der Waals surface area contributed by atoms with E-state index in [-0.39, 0.29) is 11.7 Å². The number of anilines is 1. The molecule has 0 radical (unpaired) electrons. The minimum absolute atomic E-state index is 0.115. The van der Waals surface area contributed by atoms with E-state index in [0.717, 1.165) is 18.8 Å². The van der Waals surface area contributed by atoms with E-state index in [1.807, 2.05) is 6.07 Å². The maximum absolute atomic E-state index is 11.9. The minimum Gasteiger partial charge on any atom is -0.507 e. The molecule has 0 aliphatic rings. The highest BCUT2D eigenvalue weighted by Crippen LogP contribution is 2.23. The Morgan fingerprint density at radius 3 is 2.46 bits per heavy atom. The van der Waals surface area contributed by atoms with E-state index in [1.165, 1.54) is 6.21 Å². The molecule has 1 amide bonds. The first-order valence-electron chi connectivity index (χ1n) is 7.72. The second-order valence-corrected chi connectivity index (χ2v) is 5.56. The number of carbonyl (C=O) groups is 1. The van der Waals surface area contributed by atoms with Crippen LogP contribution in [0.5, 0.6) is 5.75 Å². The highest BCUT2D eigenvalue weighted by molar-refractivity contribution is 6.30. The average Bonchev–Trinajstić information content (AvgIpc) is 2.58. The van der Waals surface area contributed by atoms with E-state index in [9.17, 15) is 9.90 Å². The number of nitrogens with zero attached hydrogens (tertiary/aromatic N) is 2. The second-order valence-electron chi connectivity index (χ2n) is 5.12. The van der Waals surface area contributed by atoms with Crippen molar-refractivity contribution in [2.75, 3.05) is 18.0 Å². The van der Waals surface area contributed by atoms with Crippen LogP contribution in [0, 0.1) is 0 Å². The van der Waals surface area contributed by atoms with Crippen molar-refractivity contribution in [3.8, 4) is 5.75 Å². The summed E-state index contributed by atoms with van der Waals surface area (Å²) in [5.41, 5.74) is 4.35. The molecule has 0 aromatic heterocycles. The molecule has 0 saturated heterocycles. The molecule has 2 rings (SSSR count). The van der Waals surface area contributed by atoms with Crippen molar-refractivity contribution >= 4 is 29.4 Å². The van der Waals surface area contributed by atoms with Crippen LogP contribution in [0.2, 0.25) is 5.02 Å². The molecule has 0 unspecified atom stereocenters. The van der Waals surface area contributed by atoms with Gasteiger partial charge in [-0.15, -0.1) is 0 Å². The van der Waals surface area contributed by atoms with Crippen molar-refractivity contribution in [3.63, 3.8) is 0 Å². The zero-order chi connectivity index (χ0) is 17.5. The van der Waals surface area contributed by atoms with Crippen LogP contribution in [0.4, 0.5) is 5.69 Å². The smallest absolute Gasteiger partial charge is 0.271 e. The standard InChI is InChI=1S/C18H20ClN3O2/c1-3-22(4-2)16-10-7-14(17(23)11-16)12-20-21-18(24)13-5-8-15(19)9-6-13/h5-12,23H,3-4H2,1-2H3,(H,21,24)/b20-12-. The molecule has 2 aromatic rings. The summed E-state index contributed by atoms with van der Waals surface area (Å²) < 4.78 is 0. The van der Waals surface area contributed by atoms with Gasteiger partial charge in [0.1, 0.15) is 5.75 Å². The first-order valence-corrected chi connectivity index (χ1v) is 8.09. The Labute approximate surface area is 146 Å². The Kier molecular flexibility index (Phi) is 6.21. The number of hydrogen-bond acceptors (Lipinski definition) is 4. The van der Waals surface area contributed by atoms with Crippen LogP contribution in [-0.4, -0.2) is 30.3 Å². The van der Waals surface area contributed by atoms with Crippen LogP contribution in [0.3, 0.4) is 0 Å². The summed E-state index contributed by atoms with van der Waals surface area (Å²) in [6.45, 7) is 5.84. The number of carbonyl (C=O) groups excluding carboxylic acids is 1. The second kappa shape index (κ2) is 8.36. The Morgan fingerprint density at radius 1 is 1.21 bits per heavy atom. The predicted molar refractivity (Wildman–Crippen MR) is 98.2 cm³/mol. The summed E-state index contributed by atoms with van der Waals surface area (Å²) in [6.07, 6.45) is 1.41. The molecule has 0 fully saturated rings. The Balaban J connectivity index is 2.03. The zero-order valence-electron chi connectivity index (χ0n) is 13.7. The van der Waals surface area contributed by atoms with Gasteiger partial charge in [0.15, 0.2) is 0 Å². The first kappa shape index (κ1) is 17.8. The Hall–Kier alpha value is -2.53. The number of benzene rings is 2. The van der Waals surface area contributed by atoms with E-state index in [4.69, 9.17) is 11.6 Å². The van der Waals surface area contributed by atoms with Crippen LogP contribution in [-0.2, 0) is 0 Å². The molecule has 0 spiro atoms. The first-order chi connectivity index (χ1) is 11.5. The fraction of sp³-hybridized carbons (Fsp3) is 0.222. The highest BCUT2D eigenvalue weighted by Gasteiger charge is 2.06.